The number of aromatic nitrogens is 1. The quantitative estimate of drug-likeness (QED) is 0.628. The van der Waals surface area contributed by atoms with Crippen LogP contribution in [0.5, 0.6) is 0 Å². The number of oxazole rings is 1. The fourth-order valence-corrected chi connectivity index (χ4v) is 5.01. The lowest BCUT2D eigenvalue weighted by atomic mass is 10.2. The SMILES string of the molecule is Cc1oc(-c2ccccc2)nc1C(=O)N1CCN(S(=O)(=O)Cc2ccccc2)CC1. The van der Waals surface area contributed by atoms with E-state index in [1.165, 1.54) is 4.31 Å². The molecule has 0 aliphatic carbocycles. The van der Waals surface area contributed by atoms with Crippen molar-refractivity contribution in [2.75, 3.05) is 26.2 Å². The highest BCUT2D eigenvalue weighted by molar-refractivity contribution is 7.88. The molecule has 30 heavy (non-hydrogen) atoms. The maximum atomic E-state index is 12.9. The topological polar surface area (TPSA) is 83.7 Å². The van der Waals surface area contributed by atoms with E-state index in [2.05, 4.69) is 4.98 Å². The van der Waals surface area contributed by atoms with Gasteiger partial charge in [-0.15, -0.1) is 0 Å². The normalized spacial score (nSPS) is 15.3. The van der Waals surface area contributed by atoms with Crippen molar-refractivity contribution < 1.29 is 17.6 Å². The Bertz CT molecular complexity index is 1120. The summed E-state index contributed by atoms with van der Waals surface area (Å²) in [5.74, 6) is 0.585. The zero-order chi connectivity index (χ0) is 21.1. The monoisotopic (exact) mass is 425 g/mol. The Morgan fingerprint density at radius 3 is 2.20 bits per heavy atom. The molecule has 4 rings (SSSR count). The van der Waals surface area contributed by atoms with Gasteiger partial charge in [0.1, 0.15) is 5.76 Å². The molecule has 3 aromatic rings. The lowest BCUT2D eigenvalue weighted by molar-refractivity contribution is 0.0690. The lowest BCUT2D eigenvalue weighted by Gasteiger charge is -2.33. The minimum Gasteiger partial charge on any atom is -0.441 e. The molecule has 0 spiro atoms. The molecule has 0 atom stereocenters. The van der Waals surface area contributed by atoms with Crippen LogP contribution in [-0.4, -0.2) is 54.7 Å². The summed E-state index contributed by atoms with van der Waals surface area (Å²) >= 11 is 0. The highest BCUT2D eigenvalue weighted by Gasteiger charge is 2.31. The van der Waals surface area contributed by atoms with E-state index >= 15 is 0 Å². The van der Waals surface area contributed by atoms with E-state index in [4.69, 9.17) is 4.42 Å². The summed E-state index contributed by atoms with van der Waals surface area (Å²) < 4.78 is 32.6. The number of sulfonamides is 1. The zero-order valence-corrected chi connectivity index (χ0v) is 17.5. The summed E-state index contributed by atoms with van der Waals surface area (Å²) in [6.07, 6.45) is 0. The van der Waals surface area contributed by atoms with Crippen LogP contribution in [0.2, 0.25) is 0 Å². The fraction of sp³-hybridized carbons (Fsp3) is 0.273. The third-order valence-corrected chi connectivity index (χ3v) is 6.98. The van der Waals surface area contributed by atoms with Crippen molar-refractivity contribution in [3.63, 3.8) is 0 Å². The Balaban J connectivity index is 1.42. The molecule has 1 saturated heterocycles. The zero-order valence-electron chi connectivity index (χ0n) is 16.7. The summed E-state index contributed by atoms with van der Waals surface area (Å²) in [5, 5.41) is 0. The van der Waals surface area contributed by atoms with E-state index in [-0.39, 0.29) is 30.4 Å². The molecule has 0 radical (unpaired) electrons. The standard InChI is InChI=1S/C22H23N3O4S/c1-17-20(23-21(29-17)19-10-6-3-7-11-19)22(26)24-12-14-25(15-13-24)30(27,28)16-18-8-4-2-5-9-18/h2-11H,12-16H2,1H3. The van der Waals surface area contributed by atoms with Crippen LogP contribution in [0, 0.1) is 6.92 Å². The van der Waals surface area contributed by atoms with Crippen LogP contribution in [0.3, 0.4) is 0 Å². The van der Waals surface area contributed by atoms with E-state index in [1.54, 1.807) is 24.0 Å². The van der Waals surface area contributed by atoms with Crippen molar-refractivity contribution in [3.05, 3.63) is 77.7 Å². The Kier molecular flexibility index (Phi) is 5.69. The summed E-state index contributed by atoms with van der Waals surface area (Å²) in [4.78, 5) is 19.0. The number of carbonyl (C=O) groups is 1. The van der Waals surface area contributed by atoms with E-state index in [0.717, 1.165) is 11.1 Å². The highest BCUT2D eigenvalue weighted by Crippen LogP contribution is 2.23. The Hall–Kier alpha value is -2.97. The summed E-state index contributed by atoms with van der Waals surface area (Å²) in [6, 6.07) is 18.5. The first-order valence-corrected chi connectivity index (χ1v) is 11.4. The van der Waals surface area contributed by atoms with Gasteiger partial charge in [0.05, 0.1) is 5.75 Å². The second-order valence-corrected chi connectivity index (χ2v) is 9.19. The summed E-state index contributed by atoms with van der Waals surface area (Å²) in [5.41, 5.74) is 1.83. The highest BCUT2D eigenvalue weighted by atomic mass is 32.2. The molecule has 1 amide bonds. The number of piperazine rings is 1. The average Bonchev–Trinajstić information content (AvgIpc) is 3.16. The van der Waals surface area contributed by atoms with E-state index in [9.17, 15) is 13.2 Å². The number of rotatable bonds is 5. The van der Waals surface area contributed by atoms with Gasteiger partial charge in [0.25, 0.3) is 5.91 Å². The number of benzene rings is 2. The predicted molar refractivity (Wildman–Crippen MR) is 113 cm³/mol. The minimum absolute atomic E-state index is 0.0371. The maximum Gasteiger partial charge on any atom is 0.276 e. The molecule has 1 aliphatic rings. The maximum absolute atomic E-state index is 12.9. The van der Waals surface area contributed by atoms with Crippen LogP contribution in [0.25, 0.3) is 11.5 Å². The molecular weight excluding hydrogens is 402 g/mol. The molecule has 0 N–H and O–H groups in total. The van der Waals surface area contributed by atoms with E-state index in [0.29, 0.717) is 24.7 Å². The first-order valence-electron chi connectivity index (χ1n) is 9.78. The van der Waals surface area contributed by atoms with Crippen LogP contribution in [-0.2, 0) is 15.8 Å². The fourth-order valence-electron chi connectivity index (χ4n) is 3.49. The van der Waals surface area contributed by atoms with Gasteiger partial charge in [-0.2, -0.15) is 4.31 Å². The lowest BCUT2D eigenvalue weighted by Crippen LogP contribution is -2.50. The third kappa shape index (κ3) is 4.29. The van der Waals surface area contributed by atoms with Crippen LogP contribution >= 0.6 is 0 Å². The number of hydrogen-bond acceptors (Lipinski definition) is 5. The molecule has 7 nitrogen and oxygen atoms in total. The van der Waals surface area contributed by atoms with Gasteiger partial charge >= 0.3 is 0 Å². The first-order chi connectivity index (χ1) is 14.4. The van der Waals surface area contributed by atoms with Crippen LogP contribution < -0.4 is 0 Å². The smallest absolute Gasteiger partial charge is 0.276 e. The average molecular weight is 426 g/mol. The molecule has 1 aliphatic heterocycles. The van der Waals surface area contributed by atoms with E-state index < -0.39 is 10.0 Å². The van der Waals surface area contributed by atoms with Crippen molar-refractivity contribution in [2.45, 2.75) is 12.7 Å². The van der Waals surface area contributed by atoms with Gasteiger partial charge in [-0.3, -0.25) is 4.79 Å². The predicted octanol–water partition coefficient (Wildman–Crippen LogP) is 2.94. The third-order valence-electron chi connectivity index (χ3n) is 5.13. The van der Waals surface area contributed by atoms with Crippen molar-refractivity contribution in [3.8, 4) is 11.5 Å². The number of aryl methyl sites for hydroxylation is 1. The van der Waals surface area contributed by atoms with Gasteiger partial charge in [0.2, 0.25) is 15.9 Å². The van der Waals surface area contributed by atoms with Gasteiger partial charge in [0, 0.05) is 31.7 Å². The van der Waals surface area contributed by atoms with Crippen molar-refractivity contribution >= 4 is 15.9 Å². The van der Waals surface area contributed by atoms with Gasteiger partial charge in [0.15, 0.2) is 5.69 Å². The van der Waals surface area contributed by atoms with Gasteiger partial charge in [-0.05, 0) is 24.6 Å². The molecule has 0 saturated carbocycles. The van der Waals surface area contributed by atoms with Crippen molar-refractivity contribution in [1.29, 1.82) is 0 Å². The van der Waals surface area contributed by atoms with Crippen LogP contribution in [0.1, 0.15) is 21.8 Å². The number of amides is 1. The molecule has 0 unspecified atom stereocenters. The Morgan fingerprint density at radius 1 is 0.967 bits per heavy atom. The molecule has 8 heteroatoms. The van der Waals surface area contributed by atoms with Crippen molar-refractivity contribution in [2.24, 2.45) is 0 Å². The largest absolute Gasteiger partial charge is 0.441 e. The second kappa shape index (κ2) is 8.41. The van der Waals surface area contributed by atoms with Crippen LogP contribution in [0.15, 0.2) is 65.1 Å². The molecular formula is C22H23N3O4S. The molecule has 2 heterocycles. The number of hydrogen-bond donors (Lipinski definition) is 0. The Labute approximate surface area is 176 Å². The van der Waals surface area contributed by atoms with E-state index in [1.807, 2.05) is 48.5 Å². The van der Waals surface area contributed by atoms with Gasteiger partial charge in [-0.25, -0.2) is 13.4 Å². The van der Waals surface area contributed by atoms with Gasteiger partial charge < -0.3 is 9.32 Å². The first kappa shape index (κ1) is 20.3. The summed E-state index contributed by atoms with van der Waals surface area (Å²) in [7, 11) is -3.43. The molecule has 1 aromatic heterocycles. The number of nitrogens with zero attached hydrogens (tertiary/aromatic N) is 3. The Morgan fingerprint density at radius 2 is 1.57 bits per heavy atom. The molecule has 0 bridgehead atoms. The summed E-state index contributed by atoms with van der Waals surface area (Å²) in [6.45, 7) is 2.89. The van der Waals surface area contributed by atoms with Crippen LogP contribution in [0.4, 0.5) is 0 Å². The van der Waals surface area contributed by atoms with Crippen molar-refractivity contribution in [1.82, 2.24) is 14.2 Å². The minimum atomic E-state index is -3.43. The number of carbonyl (C=O) groups excluding carboxylic acids is 1. The second-order valence-electron chi connectivity index (χ2n) is 7.22. The van der Waals surface area contributed by atoms with Gasteiger partial charge in [-0.1, -0.05) is 48.5 Å². The molecule has 2 aromatic carbocycles. The molecule has 1 fully saturated rings. The molecule has 156 valence electrons.